The van der Waals surface area contributed by atoms with E-state index in [4.69, 9.17) is 9.97 Å². The summed E-state index contributed by atoms with van der Waals surface area (Å²) < 4.78 is 0. The summed E-state index contributed by atoms with van der Waals surface area (Å²) in [5.74, 6) is 0. The molecular formula is C32H18N6. The molecule has 3 aromatic carbocycles. The van der Waals surface area contributed by atoms with Crippen LogP contribution in [0.4, 0.5) is 0 Å². The van der Waals surface area contributed by atoms with Crippen LogP contribution in [0.5, 0.6) is 0 Å². The fourth-order valence-corrected chi connectivity index (χ4v) is 4.57. The molecule has 3 aromatic heterocycles. The molecule has 0 aliphatic carbocycles. The van der Waals surface area contributed by atoms with Crippen LogP contribution in [0.1, 0.15) is 22.5 Å². The summed E-state index contributed by atoms with van der Waals surface area (Å²) in [6.45, 7) is 7.63. The molecule has 0 aliphatic heterocycles. The van der Waals surface area contributed by atoms with Crippen molar-refractivity contribution in [2.75, 3.05) is 0 Å². The first kappa shape index (κ1) is 22.7. The topological polar surface area (TPSA) is 99.1 Å². The molecule has 0 aliphatic rings. The second kappa shape index (κ2) is 9.05. The van der Waals surface area contributed by atoms with Crippen molar-refractivity contribution in [2.45, 2.75) is 0 Å². The first-order chi connectivity index (χ1) is 18.6. The summed E-state index contributed by atoms with van der Waals surface area (Å²) in [6.07, 6.45) is 7.20. The Morgan fingerprint density at radius 2 is 0.947 bits per heavy atom. The Kier molecular flexibility index (Phi) is 5.42. The largest absolute Gasteiger partial charge is 0.253 e. The van der Waals surface area contributed by atoms with E-state index in [0.717, 1.165) is 33.4 Å². The van der Waals surface area contributed by atoms with Crippen molar-refractivity contribution in [1.29, 1.82) is 10.5 Å². The molecule has 0 N–H and O–H groups in total. The van der Waals surface area contributed by atoms with E-state index >= 15 is 0 Å². The minimum Gasteiger partial charge on any atom is -0.253 e. The highest BCUT2D eigenvalue weighted by molar-refractivity contribution is 6.21. The molecule has 0 bridgehead atoms. The molecule has 0 amide bonds. The van der Waals surface area contributed by atoms with Gasteiger partial charge in [0.25, 0.3) is 0 Å². The average Bonchev–Trinajstić information content (AvgIpc) is 3.00. The Labute approximate surface area is 218 Å². The maximum atomic E-state index is 9.67. The summed E-state index contributed by atoms with van der Waals surface area (Å²) in [5.41, 5.74) is 8.02. The molecule has 6 nitrogen and oxygen atoms in total. The van der Waals surface area contributed by atoms with E-state index in [0.29, 0.717) is 32.8 Å². The minimum atomic E-state index is -0.0227. The van der Waals surface area contributed by atoms with E-state index in [1.54, 1.807) is 12.2 Å². The molecule has 3 heterocycles. The number of nitrogens with zero attached hydrogens (tertiary/aromatic N) is 6. The van der Waals surface area contributed by atoms with Gasteiger partial charge in [0.15, 0.2) is 11.4 Å². The predicted octanol–water partition coefficient (Wildman–Crippen LogP) is 7.09. The van der Waals surface area contributed by atoms with Crippen molar-refractivity contribution in [2.24, 2.45) is 0 Å². The van der Waals surface area contributed by atoms with Gasteiger partial charge in [-0.25, -0.2) is 9.97 Å². The van der Waals surface area contributed by atoms with E-state index < -0.39 is 0 Å². The van der Waals surface area contributed by atoms with Crippen molar-refractivity contribution in [3.05, 3.63) is 109 Å². The number of pyridine rings is 2. The standard InChI is InChI=1S/C32H18N6/c1-3-19-5-9-21(10-6-19)23-13-25-29(35-17-23)30-26(32-31(25)37-27(15-33)28(16-34)38-32)14-24(18-36-30)22-11-7-20(4-2)8-12-22/h3-14,17-18H,1-2H2. The lowest BCUT2D eigenvalue weighted by Crippen LogP contribution is -1.99. The van der Waals surface area contributed by atoms with Gasteiger partial charge < -0.3 is 0 Å². The summed E-state index contributed by atoms with van der Waals surface area (Å²) in [4.78, 5) is 18.8. The van der Waals surface area contributed by atoms with E-state index in [-0.39, 0.29) is 11.4 Å². The number of fused-ring (bicyclic) bond motifs is 6. The molecule has 0 spiro atoms. The van der Waals surface area contributed by atoms with Crippen molar-refractivity contribution in [3.8, 4) is 34.4 Å². The molecule has 6 heteroatoms. The molecule has 0 atom stereocenters. The molecule has 176 valence electrons. The number of nitriles is 2. The van der Waals surface area contributed by atoms with Crippen LogP contribution in [0.25, 0.3) is 67.2 Å². The summed E-state index contributed by atoms with van der Waals surface area (Å²) in [6, 6.07) is 24.0. The SMILES string of the molecule is C=Cc1ccc(-c2cnc3c(c2)c2nc(C#N)c(C#N)nc2c2cc(-c4ccc(C=C)cc4)cnc23)cc1. The smallest absolute Gasteiger partial charge is 0.177 e. The van der Waals surface area contributed by atoms with Crippen LogP contribution in [0, 0.1) is 22.7 Å². The maximum absolute atomic E-state index is 9.67. The van der Waals surface area contributed by atoms with Crippen LogP contribution in [-0.2, 0) is 0 Å². The van der Waals surface area contributed by atoms with E-state index in [9.17, 15) is 10.5 Å². The molecular weight excluding hydrogens is 468 g/mol. The normalized spacial score (nSPS) is 10.8. The zero-order valence-electron chi connectivity index (χ0n) is 20.2. The van der Waals surface area contributed by atoms with E-state index in [1.165, 1.54) is 0 Å². The van der Waals surface area contributed by atoms with Gasteiger partial charge in [0, 0.05) is 34.3 Å². The van der Waals surface area contributed by atoms with Gasteiger partial charge in [0.2, 0.25) is 0 Å². The lowest BCUT2D eigenvalue weighted by atomic mass is 9.99. The Balaban J connectivity index is 1.67. The van der Waals surface area contributed by atoms with Crippen molar-refractivity contribution >= 4 is 45.0 Å². The summed E-state index contributed by atoms with van der Waals surface area (Å²) in [5, 5.41) is 20.8. The third-order valence-corrected chi connectivity index (χ3v) is 6.58. The molecule has 0 saturated heterocycles. The molecule has 6 rings (SSSR count). The molecule has 6 aromatic rings. The third-order valence-electron chi connectivity index (χ3n) is 6.58. The lowest BCUT2D eigenvalue weighted by Gasteiger charge is -2.12. The van der Waals surface area contributed by atoms with Crippen LogP contribution in [0.2, 0.25) is 0 Å². The van der Waals surface area contributed by atoms with E-state index in [1.807, 2.05) is 85.2 Å². The summed E-state index contributed by atoms with van der Waals surface area (Å²) >= 11 is 0. The van der Waals surface area contributed by atoms with Gasteiger partial charge in [0.05, 0.1) is 11.0 Å². The number of rotatable bonds is 4. The average molecular weight is 487 g/mol. The first-order valence-corrected chi connectivity index (χ1v) is 11.8. The van der Waals surface area contributed by atoms with Gasteiger partial charge >= 0.3 is 0 Å². The second-order valence-electron chi connectivity index (χ2n) is 8.73. The molecule has 0 saturated carbocycles. The number of hydrogen-bond donors (Lipinski definition) is 0. The molecule has 0 fully saturated rings. The Hall–Kier alpha value is -5.72. The highest BCUT2D eigenvalue weighted by Crippen LogP contribution is 2.35. The fraction of sp³-hybridized carbons (Fsp3) is 0. The van der Waals surface area contributed by atoms with Gasteiger partial charge in [-0.3, -0.25) is 9.97 Å². The van der Waals surface area contributed by atoms with Crippen LogP contribution < -0.4 is 0 Å². The first-order valence-electron chi connectivity index (χ1n) is 11.8. The molecule has 38 heavy (non-hydrogen) atoms. The molecule has 0 unspecified atom stereocenters. The zero-order valence-corrected chi connectivity index (χ0v) is 20.2. The second-order valence-corrected chi connectivity index (χ2v) is 8.73. The van der Waals surface area contributed by atoms with Crippen LogP contribution in [-0.4, -0.2) is 19.9 Å². The number of benzene rings is 3. The van der Waals surface area contributed by atoms with E-state index in [2.05, 4.69) is 23.1 Å². The zero-order chi connectivity index (χ0) is 26.2. The van der Waals surface area contributed by atoms with Gasteiger partial charge in [-0.1, -0.05) is 73.8 Å². The predicted molar refractivity (Wildman–Crippen MR) is 151 cm³/mol. The quantitative estimate of drug-likeness (QED) is 0.247. The third kappa shape index (κ3) is 3.65. The van der Waals surface area contributed by atoms with Crippen LogP contribution >= 0.6 is 0 Å². The van der Waals surface area contributed by atoms with Crippen molar-refractivity contribution < 1.29 is 0 Å². The highest BCUT2D eigenvalue weighted by atomic mass is 14.8. The number of hydrogen-bond acceptors (Lipinski definition) is 6. The Bertz CT molecular complexity index is 1860. The summed E-state index contributed by atoms with van der Waals surface area (Å²) in [7, 11) is 0. The van der Waals surface area contributed by atoms with Gasteiger partial charge in [0.1, 0.15) is 23.2 Å². The van der Waals surface area contributed by atoms with Crippen LogP contribution in [0.3, 0.4) is 0 Å². The fourth-order valence-electron chi connectivity index (χ4n) is 4.57. The van der Waals surface area contributed by atoms with Crippen LogP contribution in [0.15, 0.2) is 86.2 Å². The monoisotopic (exact) mass is 486 g/mol. The molecule has 0 radical (unpaired) electrons. The highest BCUT2D eigenvalue weighted by Gasteiger charge is 2.18. The minimum absolute atomic E-state index is 0.0227. The Morgan fingerprint density at radius 1 is 0.553 bits per heavy atom. The van der Waals surface area contributed by atoms with Crippen molar-refractivity contribution in [1.82, 2.24) is 19.9 Å². The maximum Gasteiger partial charge on any atom is 0.177 e. The van der Waals surface area contributed by atoms with Gasteiger partial charge in [-0.15, -0.1) is 0 Å². The van der Waals surface area contributed by atoms with Gasteiger partial charge in [-0.2, -0.15) is 10.5 Å². The lowest BCUT2D eigenvalue weighted by molar-refractivity contribution is 1.20. The number of aromatic nitrogens is 4. The van der Waals surface area contributed by atoms with Gasteiger partial charge in [-0.05, 0) is 34.4 Å². The Morgan fingerprint density at radius 3 is 1.29 bits per heavy atom. The van der Waals surface area contributed by atoms with Crippen molar-refractivity contribution in [3.63, 3.8) is 0 Å².